The minimum absolute atomic E-state index is 0.0234. The molecule has 0 aliphatic carbocycles. The maximum atomic E-state index is 11.9. The molecule has 1 atom stereocenters. The summed E-state index contributed by atoms with van der Waals surface area (Å²) in [5.41, 5.74) is 1.47. The maximum Gasteiger partial charge on any atom is 0.253 e. The van der Waals surface area contributed by atoms with Crippen molar-refractivity contribution in [3.8, 4) is 5.75 Å². The number of sulfone groups is 1. The fraction of sp³-hybridized carbons (Fsp3) is 0.278. The van der Waals surface area contributed by atoms with Gasteiger partial charge in [-0.3, -0.25) is 4.79 Å². The molecule has 0 spiro atoms. The summed E-state index contributed by atoms with van der Waals surface area (Å²) in [6.45, 7) is 0. The van der Waals surface area contributed by atoms with E-state index in [0.717, 1.165) is 11.8 Å². The average molecular weight is 389 g/mol. The first kappa shape index (κ1) is 18.8. The van der Waals surface area contributed by atoms with Gasteiger partial charge in [-0.25, -0.2) is 13.4 Å². The molecular formula is C18H19N3O5S. The third-order valence-electron chi connectivity index (χ3n) is 3.90. The first-order valence-corrected chi connectivity index (χ1v) is 10.0. The van der Waals surface area contributed by atoms with Crippen LogP contribution in [0.15, 0.2) is 52.8 Å². The van der Waals surface area contributed by atoms with Crippen molar-refractivity contribution in [3.63, 3.8) is 0 Å². The van der Waals surface area contributed by atoms with Gasteiger partial charge in [0.15, 0.2) is 21.0 Å². The van der Waals surface area contributed by atoms with Gasteiger partial charge < -0.3 is 14.5 Å². The first-order chi connectivity index (χ1) is 12.7. The monoisotopic (exact) mass is 389 g/mol. The van der Waals surface area contributed by atoms with Crippen molar-refractivity contribution >= 4 is 21.6 Å². The number of hydrogen-bond donors (Lipinski definition) is 0. The van der Waals surface area contributed by atoms with Crippen molar-refractivity contribution in [2.45, 2.75) is 17.6 Å². The lowest BCUT2D eigenvalue weighted by molar-refractivity contribution is 0.0823. The molecule has 0 unspecified atom stereocenters. The summed E-state index contributed by atoms with van der Waals surface area (Å²) < 4.78 is 28.4. The number of ether oxygens (including phenoxy) is 1. The van der Waals surface area contributed by atoms with Crippen molar-refractivity contribution in [2.75, 3.05) is 20.4 Å². The van der Waals surface area contributed by atoms with Crippen LogP contribution in [0.4, 0.5) is 0 Å². The van der Waals surface area contributed by atoms with Crippen LogP contribution in [0, 0.1) is 0 Å². The van der Waals surface area contributed by atoms with Gasteiger partial charge in [0.25, 0.3) is 5.91 Å². The largest absolute Gasteiger partial charge is 0.438 e. The number of carbonyl (C=O) groups is 1. The van der Waals surface area contributed by atoms with E-state index < -0.39 is 9.84 Å². The number of nitrogens with zero attached hydrogens (tertiary/aromatic N) is 3. The molecule has 0 saturated carbocycles. The number of aromatic nitrogens is 1. The smallest absolute Gasteiger partial charge is 0.253 e. The van der Waals surface area contributed by atoms with E-state index in [9.17, 15) is 13.2 Å². The third kappa shape index (κ3) is 4.43. The summed E-state index contributed by atoms with van der Waals surface area (Å²) in [6, 6.07) is 10.0. The Morgan fingerprint density at radius 1 is 1.19 bits per heavy atom. The number of benzene rings is 1. The van der Waals surface area contributed by atoms with E-state index >= 15 is 0 Å². The molecule has 1 aromatic heterocycles. The minimum atomic E-state index is -3.36. The minimum Gasteiger partial charge on any atom is -0.438 e. The molecule has 142 valence electrons. The molecule has 1 aromatic carbocycles. The summed E-state index contributed by atoms with van der Waals surface area (Å²) in [5, 5.41) is 3.90. The van der Waals surface area contributed by atoms with Crippen molar-refractivity contribution in [1.82, 2.24) is 9.88 Å². The van der Waals surface area contributed by atoms with Crippen LogP contribution < -0.4 is 4.74 Å². The van der Waals surface area contributed by atoms with Crippen LogP contribution in [-0.2, 0) is 14.7 Å². The highest BCUT2D eigenvalue weighted by molar-refractivity contribution is 7.90. The number of carbonyl (C=O) groups excluding carboxylic acids is 1. The lowest BCUT2D eigenvalue weighted by atomic mass is 10.0. The second-order valence-corrected chi connectivity index (χ2v) is 8.27. The van der Waals surface area contributed by atoms with Gasteiger partial charge in [0, 0.05) is 25.9 Å². The van der Waals surface area contributed by atoms with E-state index in [-0.39, 0.29) is 17.0 Å². The quantitative estimate of drug-likeness (QED) is 0.794. The Balaban J connectivity index is 1.62. The highest BCUT2D eigenvalue weighted by atomic mass is 32.2. The summed E-state index contributed by atoms with van der Waals surface area (Å²) in [5.74, 6) is 0.666. The Labute approximate surface area is 157 Å². The van der Waals surface area contributed by atoms with Crippen molar-refractivity contribution in [2.24, 2.45) is 5.16 Å². The van der Waals surface area contributed by atoms with Gasteiger partial charge >= 0.3 is 0 Å². The van der Waals surface area contributed by atoms with Crippen molar-refractivity contribution in [1.29, 1.82) is 0 Å². The molecule has 0 fully saturated rings. The Morgan fingerprint density at radius 3 is 2.44 bits per heavy atom. The van der Waals surface area contributed by atoms with E-state index in [1.54, 1.807) is 26.2 Å². The summed E-state index contributed by atoms with van der Waals surface area (Å²) in [7, 11) is 0.0436. The standard InChI is InChI=1S/C18H19N3O5S/c1-21(2)18(22)13-6-4-12(5-7-13)15-10-16(20-26-15)25-14-8-9-17(19-11-14)27(3,23)24/h4-9,11,15H,10H2,1-3H3/t15-/m1/s1. The predicted molar refractivity (Wildman–Crippen MR) is 98.3 cm³/mol. The van der Waals surface area contributed by atoms with Crippen LogP contribution in [0.25, 0.3) is 0 Å². The van der Waals surface area contributed by atoms with Gasteiger partial charge in [-0.2, -0.15) is 0 Å². The van der Waals surface area contributed by atoms with Crippen LogP contribution in [0.1, 0.15) is 28.4 Å². The molecule has 8 nitrogen and oxygen atoms in total. The molecule has 3 rings (SSSR count). The zero-order valence-corrected chi connectivity index (χ0v) is 15.9. The van der Waals surface area contributed by atoms with E-state index in [1.165, 1.54) is 23.2 Å². The van der Waals surface area contributed by atoms with Gasteiger partial charge in [0.1, 0.15) is 5.75 Å². The van der Waals surface area contributed by atoms with Gasteiger partial charge in [-0.05, 0) is 29.8 Å². The lowest BCUT2D eigenvalue weighted by Gasteiger charge is -2.12. The number of rotatable bonds is 4. The molecule has 2 heterocycles. The molecule has 1 amide bonds. The number of hydrogen-bond acceptors (Lipinski definition) is 7. The van der Waals surface area contributed by atoms with Gasteiger partial charge in [0.2, 0.25) is 5.90 Å². The highest BCUT2D eigenvalue weighted by Crippen LogP contribution is 2.28. The molecule has 0 bridgehead atoms. The van der Waals surface area contributed by atoms with Crippen LogP contribution in [0.2, 0.25) is 0 Å². The van der Waals surface area contributed by atoms with E-state index in [1.807, 2.05) is 12.1 Å². The van der Waals surface area contributed by atoms with E-state index in [2.05, 4.69) is 10.1 Å². The summed E-state index contributed by atoms with van der Waals surface area (Å²) in [4.78, 5) is 22.7. The van der Waals surface area contributed by atoms with Crippen LogP contribution in [0.5, 0.6) is 5.75 Å². The second-order valence-electron chi connectivity index (χ2n) is 6.31. The van der Waals surface area contributed by atoms with Gasteiger partial charge in [-0.1, -0.05) is 17.3 Å². The fourth-order valence-electron chi connectivity index (χ4n) is 2.48. The SMILES string of the molecule is CN(C)C(=O)c1ccc([C@H]2CC(Oc3ccc(S(C)(=O)=O)nc3)=NO2)cc1. The fourth-order valence-corrected chi connectivity index (χ4v) is 3.03. The molecule has 27 heavy (non-hydrogen) atoms. The molecule has 1 aliphatic heterocycles. The molecular weight excluding hydrogens is 370 g/mol. The highest BCUT2D eigenvalue weighted by Gasteiger charge is 2.25. The zero-order valence-electron chi connectivity index (χ0n) is 15.1. The Bertz CT molecular complexity index is 967. The maximum absolute atomic E-state index is 11.9. The Hall–Kier alpha value is -2.94. The first-order valence-electron chi connectivity index (χ1n) is 8.12. The summed E-state index contributed by atoms with van der Waals surface area (Å²) in [6.07, 6.45) is 2.52. The topological polar surface area (TPSA) is 98.2 Å². The van der Waals surface area contributed by atoms with Gasteiger partial charge in [0.05, 0.1) is 12.6 Å². The molecule has 0 saturated heterocycles. The van der Waals surface area contributed by atoms with Crippen LogP contribution in [0.3, 0.4) is 0 Å². The molecule has 0 radical (unpaired) electrons. The summed E-state index contributed by atoms with van der Waals surface area (Å²) >= 11 is 0. The number of amides is 1. The van der Waals surface area contributed by atoms with Crippen LogP contribution >= 0.6 is 0 Å². The van der Waals surface area contributed by atoms with E-state index in [4.69, 9.17) is 9.57 Å². The number of oxime groups is 1. The average Bonchev–Trinajstić information content (AvgIpc) is 3.09. The molecule has 2 aromatic rings. The van der Waals surface area contributed by atoms with E-state index in [0.29, 0.717) is 23.6 Å². The second kappa shape index (κ2) is 7.36. The number of pyridine rings is 1. The van der Waals surface area contributed by atoms with Crippen molar-refractivity contribution in [3.05, 3.63) is 53.7 Å². The normalized spacial score (nSPS) is 16.4. The lowest BCUT2D eigenvalue weighted by Crippen LogP contribution is -2.21. The predicted octanol–water partition coefficient (Wildman–Crippen LogP) is 2.04. The Morgan fingerprint density at radius 2 is 1.89 bits per heavy atom. The molecule has 1 aliphatic rings. The molecule has 0 N–H and O–H groups in total. The Kier molecular flexibility index (Phi) is 5.13. The zero-order chi connectivity index (χ0) is 19.6. The van der Waals surface area contributed by atoms with Crippen LogP contribution in [-0.4, -0.2) is 50.5 Å². The van der Waals surface area contributed by atoms with Crippen molar-refractivity contribution < 1.29 is 22.8 Å². The molecule has 9 heteroatoms. The third-order valence-corrected chi connectivity index (χ3v) is 4.90. The van der Waals surface area contributed by atoms with Gasteiger partial charge in [-0.15, -0.1) is 0 Å².